The average Bonchev–Trinajstić information content (AvgIpc) is 2.51. The van der Waals surface area contributed by atoms with Gasteiger partial charge in [-0.05, 0) is 55.5 Å². The second-order valence-corrected chi connectivity index (χ2v) is 10.4. The molecule has 3 saturated carbocycles. The second kappa shape index (κ2) is 12.7. The molecule has 0 bridgehead atoms. The molecule has 0 nitrogen and oxygen atoms in total. The van der Waals surface area contributed by atoms with Gasteiger partial charge in [0.1, 0.15) is 0 Å². The summed E-state index contributed by atoms with van der Waals surface area (Å²) in [5, 5.41) is 0. The molecule has 0 amide bonds. The molecule has 0 aliphatic heterocycles. The van der Waals surface area contributed by atoms with Crippen molar-refractivity contribution in [3.05, 3.63) is 7.43 Å². The molecule has 3 aliphatic rings. The Morgan fingerprint density at radius 3 is 0.909 bits per heavy atom. The molecule has 0 heterocycles. The van der Waals surface area contributed by atoms with Crippen molar-refractivity contribution in [2.24, 2.45) is 0 Å². The third-order valence-electron chi connectivity index (χ3n) is 5.99. The summed E-state index contributed by atoms with van der Waals surface area (Å²) < 4.78 is 0. The van der Waals surface area contributed by atoms with Crippen LogP contribution in [0, 0.1) is 7.43 Å². The van der Waals surface area contributed by atoms with Crippen LogP contribution in [0.1, 0.15) is 96.3 Å². The number of rotatable bonds is 3. The van der Waals surface area contributed by atoms with Crippen molar-refractivity contribution in [2.45, 2.75) is 113 Å². The fourth-order valence-electron chi connectivity index (χ4n) is 5.03. The Bertz CT molecular complexity index is 213. The van der Waals surface area contributed by atoms with Crippen LogP contribution < -0.4 is 12.4 Å². The Hall–Kier alpha value is 1.38. The molecule has 0 unspecified atom stereocenters. The predicted octanol–water partition coefficient (Wildman–Crippen LogP) is 3.92. The van der Waals surface area contributed by atoms with Gasteiger partial charge in [-0.15, -0.1) is 0 Å². The van der Waals surface area contributed by atoms with E-state index in [1.165, 1.54) is 36.2 Å². The van der Waals surface area contributed by atoms with Gasteiger partial charge in [0.05, 0.1) is 0 Å². The van der Waals surface area contributed by atoms with E-state index in [9.17, 15) is 0 Å². The molecular formula is C19H36ClPPd. The van der Waals surface area contributed by atoms with E-state index in [1.54, 1.807) is 77.0 Å². The third-order valence-corrected chi connectivity index (χ3v) is 10.1. The van der Waals surface area contributed by atoms with Crippen LogP contribution in [-0.2, 0) is 20.4 Å². The van der Waals surface area contributed by atoms with Crippen molar-refractivity contribution in [1.29, 1.82) is 0 Å². The van der Waals surface area contributed by atoms with Crippen LogP contribution in [0.15, 0.2) is 0 Å². The smallest absolute Gasteiger partial charge is 1.00 e. The van der Waals surface area contributed by atoms with Crippen LogP contribution in [0.4, 0.5) is 0 Å². The molecule has 0 atom stereocenters. The fraction of sp³-hybridized carbons (Fsp3) is 0.947. The number of hydrogen-bond donors (Lipinski definition) is 0. The van der Waals surface area contributed by atoms with E-state index < -0.39 is 0 Å². The van der Waals surface area contributed by atoms with Crippen molar-refractivity contribution >= 4 is 7.92 Å². The molecule has 0 aromatic rings. The van der Waals surface area contributed by atoms with E-state index in [0.717, 1.165) is 0 Å². The van der Waals surface area contributed by atoms with Gasteiger partial charge in [0, 0.05) is 0 Å². The molecule has 22 heavy (non-hydrogen) atoms. The van der Waals surface area contributed by atoms with Crippen molar-refractivity contribution in [2.75, 3.05) is 0 Å². The van der Waals surface area contributed by atoms with E-state index in [0.29, 0.717) is 7.92 Å². The zero-order chi connectivity index (χ0) is 12.9. The molecule has 3 heteroatoms. The Kier molecular flexibility index (Phi) is 13.5. The summed E-state index contributed by atoms with van der Waals surface area (Å²) in [4.78, 5) is 0. The molecule has 0 saturated heterocycles. The summed E-state index contributed by atoms with van der Waals surface area (Å²) in [5.74, 6) is 0. The first-order valence-electron chi connectivity index (χ1n) is 9.22. The van der Waals surface area contributed by atoms with Gasteiger partial charge in [-0.3, -0.25) is 0 Å². The quantitative estimate of drug-likeness (QED) is 0.357. The molecule has 0 aromatic carbocycles. The molecule has 134 valence electrons. The minimum absolute atomic E-state index is 0. The van der Waals surface area contributed by atoms with Gasteiger partial charge in [-0.25, -0.2) is 0 Å². The Balaban J connectivity index is 0.00000147. The minimum Gasteiger partial charge on any atom is -1.00 e. The van der Waals surface area contributed by atoms with Gasteiger partial charge in [-0.1, -0.05) is 65.7 Å². The summed E-state index contributed by atoms with van der Waals surface area (Å²) in [6, 6.07) is 0. The molecular weight excluding hydrogens is 401 g/mol. The van der Waals surface area contributed by atoms with Gasteiger partial charge < -0.3 is 19.8 Å². The van der Waals surface area contributed by atoms with Crippen LogP contribution in [0.5, 0.6) is 0 Å². The molecule has 3 fully saturated rings. The van der Waals surface area contributed by atoms with E-state index in [1.807, 2.05) is 0 Å². The summed E-state index contributed by atoms with van der Waals surface area (Å²) in [6.07, 6.45) is 23.6. The topological polar surface area (TPSA) is 0 Å². The van der Waals surface area contributed by atoms with Crippen molar-refractivity contribution in [3.63, 3.8) is 0 Å². The van der Waals surface area contributed by atoms with Gasteiger partial charge in [-0.2, -0.15) is 0 Å². The zero-order valence-electron chi connectivity index (χ0n) is 14.5. The van der Waals surface area contributed by atoms with Crippen molar-refractivity contribution < 1.29 is 32.8 Å². The maximum absolute atomic E-state index is 1.61. The molecule has 0 N–H and O–H groups in total. The third kappa shape index (κ3) is 6.36. The fourth-order valence-corrected chi connectivity index (χ4v) is 9.71. The average molecular weight is 437 g/mol. The van der Waals surface area contributed by atoms with Gasteiger partial charge in [0.15, 0.2) is 0 Å². The zero-order valence-corrected chi connectivity index (χ0v) is 17.7. The monoisotopic (exact) mass is 436 g/mol. The summed E-state index contributed by atoms with van der Waals surface area (Å²) in [6.45, 7) is 0. The maximum atomic E-state index is 1.61. The first-order valence-corrected chi connectivity index (χ1v) is 10.8. The summed E-state index contributed by atoms with van der Waals surface area (Å²) in [7, 11) is 0.385. The Morgan fingerprint density at radius 1 is 0.455 bits per heavy atom. The summed E-state index contributed by atoms with van der Waals surface area (Å²) >= 11 is 0. The van der Waals surface area contributed by atoms with E-state index in [-0.39, 0.29) is 40.3 Å². The van der Waals surface area contributed by atoms with E-state index in [2.05, 4.69) is 0 Å². The normalized spacial score (nSPS) is 25.0. The van der Waals surface area contributed by atoms with Gasteiger partial charge >= 0.3 is 20.4 Å². The Labute approximate surface area is 161 Å². The Morgan fingerprint density at radius 2 is 0.682 bits per heavy atom. The SMILES string of the molecule is C1CCC(P(C2CCCCC2)C2CCCCC2)CC1.[CH3-].[Cl-].[Pd+2]. The van der Waals surface area contributed by atoms with Crippen LogP contribution in [-0.4, -0.2) is 17.0 Å². The number of hydrogen-bond acceptors (Lipinski definition) is 0. The van der Waals surface area contributed by atoms with Gasteiger partial charge in [0.2, 0.25) is 0 Å². The maximum Gasteiger partial charge on any atom is 2.00 e. The minimum atomic E-state index is 0. The van der Waals surface area contributed by atoms with Crippen LogP contribution in [0.3, 0.4) is 0 Å². The predicted molar refractivity (Wildman–Crippen MR) is 94.0 cm³/mol. The van der Waals surface area contributed by atoms with Crippen molar-refractivity contribution in [3.8, 4) is 0 Å². The van der Waals surface area contributed by atoms with Gasteiger partial charge in [0.25, 0.3) is 0 Å². The number of halogens is 1. The van der Waals surface area contributed by atoms with Crippen LogP contribution in [0.25, 0.3) is 0 Å². The molecule has 0 radical (unpaired) electrons. The largest absolute Gasteiger partial charge is 2.00 e. The van der Waals surface area contributed by atoms with Crippen LogP contribution in [0.2, 0.25) is 0 Å². The summed E-state index contributed by atoms with van der Waals surface area (Å²) in [5.41, 5.74) is 3.57. The first-order chi connectivity index (χ1) is 9.45. The molecule has 3 rings (SSSR count). The first kappa shape index (κ1) is 23.4. The van der Waals surface area contributed by atoms with E-state index in [4.69, 9.17) is 0 Å². The molecule has 0 aromatic heterocycles. The molecule has 0 spiro atoms. The van der Waals surface area contributed by atoms with Crippen LogP contribution >= 0.6 is 7.92 Å². The standard InChI is InChI=1S/C18H33P.CH3.ClH.Pd/c1-4-10-16(11-5-1)19(17-12-6-2-7-13-17)18-14-8-3-9-15-18;;;/h16-18H,1-15H2;1H3;1H;/q;-1;;+2/p-1. The second-order valence-electron chi connectivity index (χ2n) is 7.32. The van der Waals surface area contributed by atoms with E-state index >= 15 is 0 Å². The van der Waals surface area contributed by atoms with Crippen molar-refractivity contribution in [1.82, 2.24) is 0 Å². The molecule has 3 aliphatic carbocycles.